The maximum Gasteiger partial charge on any atom is 0.338 e. The van der Waals surface area contributed by atoms with Crippen LogP contribution in [0.1, 0.15) is 29.8 Å². The third-order valence-electron chi connectivity index (χ3n) is 3.73. The van der Waals surface area contributed by atoms with E-state index < -0.39 is 10.9 Å². The fourth-order valence-corrected chi connectivity index (χ4v) is 2.67. The van der Waals surface area contributed by atoms with Crippen molar-refractivity contribution in [2.24, 2.45) is 0 Å². The van der Waals surface area contributed by atoms with Crippen molar-refractivity contribution in [3.8, 4) is 0 Å². The number of morpholine rings is 1. The van der Waals surface area contributed by atoms with Gasteiger partial charge in [0, 0.05) is 24.7 Å². The van der Waals surface area contributed by atoms with Crippen LogP contribution in [0.4, 0.5) is 5.69 Å². The van der Waals surface area contributed by atoms with E-state index >= 15 is 0 Å². The highest BCUT2D eigenvalue weighted by Gasteiger charge is 2.26. The Bertz CT molecular complexity index is 650. The first-order chi connectivity index (χ1) is 11.3. The summed E-state index contributed by atoms with van der Waals surface area (Å²) in [6.07, 6.45) is -0.128. The number of amides is 1. The largest absolute Gasteiger partial charge is 0.452 e. The molecular formula is C16H20N2O6. The van der Waals surface area contributed by atoms with Gasteiger partial charge in [-0.15, -0.1) is 0 Å². The first-order valence-corrected chi connectivity index (χ1v) is 7.63. The average molecular weight is 336 g/mol. The molecule has 1 heterocycles. The molecule has 0 aromatic heterocycles. The van der Waals surface area contributed by atoms with Crippen LogP contribution in [-0.2, 0) is 14.3 Å². The summed E-state index contributed by atoms with van der Waals surface area (Å²) in [5.74, 6) is -0.973. The highest BCUT2D eigenvalue weighted by molar-refractivity contribution is 5.91. The Morgan fingerprint density at radius 1 is 1.33 bits per heavy atom. The SMILES string of the molecule is Cc1cc(C(=O)OCC(=O)N2C[C@@H](C)O[C@@H](C)C2)ccc1[N+](=O)[O-]. The van der Waals surface area contributed by atoms with Crippen LogP contribution in [0.3, 0.4) is 0 Å². The molecule has 8 heteroatoms. The van der Waals surface area contributed by atoms with E-state index in [9.17, 15) is 19.7 Å². The number of carbonyl (C=O) groups excluding carboxylic acids is 2. The summed E-state index contributed by atoms with van der Waals surface area (Å²) in [5.41, 5.74) is 0.463. The number of carbonyl (C=O) groups is 2. The van der Waals surface area contributed by atoms with Gasteiger partial charge in [-0.2, -0.15) is 0 Å². The molecule has 2 atom stereocenters. The van der Waals surface area contributed by atoms with Gasteiger partial charge >= 0.3 is 5.97 Å². The number of hydrogen-bond acceptors (Lipinski definition) is 6. The third kappa shape index (κ3) is 4.29. The van der Waals surface area contributed by atoms with Crippen molar-refractivity contribution in [2.45, 2.75) is 33.0 Å². The molecule has 0 spiro atoms. The van der Waals surface area contributed by atoms with Crippen LogP contribution in [0, 0.1) is 17.0 Å². The minimum Gasteiger partial charge on any atom is -0.452 e. The minimum absolute atomic E-state index is 0.0641. The minimum atomic E-state index is -0.685. The predicted molar refractivity (Wildman–Crippen MR) is 84.7 cm³/mol. The van der Waals surface area contributed by atoms with Crippen LogP contribution < -0.4 is 0 Å². The van der Waals surface area contributed by atoms with Crippen molar-refractivity contribution in [3.63, 3.8) is 0 Å². The molecule has 1 aliphatic heterocycles. The summed E-state index contributed by atoms with van der Waals surface area (Å²) in [4.78, 5) is 36.0. The summed E-state index contributed by atoms with van der Waals surface area (Å²) in [6.45, 7) is 5.84. The Labute approximate surface area is 139 Å². The molecule has 1 aliphatic rings. The molecule has 0 bridgehead atoms. The van der Waals surface area contributed by atoms with Gasteiger partial charge in [0.2, 0.25) is 0 Å². The van der Waals surface area contributed by atoms with Gasteiger partial charge in [-0.3, -0.25) is 14.9 Å². The second kappa shape index (κ2) is 7.39. The van der Waals surface area contributed by atoms with Crippen molar-refractivity contribution in [1.29, 1.82) is 0 Å². The lowest BCUT2D eigenvalue weighted by Gasteiger charge is -2.35. The summed E-state index contributed by atoms with van der Waals surface area (Å²) >= 11 is 0. The number of aryl methyl sites for hydroxylation is 1. The van der Waals surface area contributed by atoms with E-state index in [1.807, 2.05) is 13.8 Å². The molecule has 2 rings (SSSR count). The lowest BCUT2D eigenvalue weighted by atomic mass is 10.1. The van der Waals surface area contributed by atoms with Gasteiger partial charge in [-0.05, 0) is 32.9 Å². The topological polar surface area (TPSA) is 99.0 Å². The Kier molecular flexibility index (Phi) is 5.50. The summed E-state index contributed by atoms with van der Waals surface area (Å²) in [7, 11) is 0. The first kappa shape index (κ1) is 17.9. The van der Waals surface area contributed by atoms with Gasteiger partial charge < -0.3 is 14.4 Å². The van der Waals surface area contributed by atoms with E-state index in [1.165, 1.54) is 25.1 Å². The van der Waals surface area contributed by atoms with Gasteiger partial charge in [0.25, 0.3) is 11.6 Å². The molecule has 0 N–H and O–H groups in total. The molecule has 1 amide bonds. The van der Waals surface area contributed by atoms with Crippen LogP contribution >= 0.6 is 0 Å². The first-order valence-electron chi connectivity index (χ1n) is 7.63. The molecule has 1 fully saturated rings. The van der Waals surface area contributed by atoms with Crippen LogP contribution in [0.15, 0.2) is 18.2 Å². The predicted octanol–water partition coefficient (Wildman–Crippen LogP) is 1.70. The summed E-state index contributed by atoms with van der Waals surface area (Å²) < 4.78 is 10.6. The lowest BCUT2D eigenvalue weighted by molar-refractivity contribution is -0.385. The highest BCUT2D eigenvalue weighted by Crippen LogP contribution is 2.19. The van der Waals surface area contributed by atoms with E-state index in [4.69, 9.17) is 9.47 Å². The van der Waals surface area contributed by atoms with Gasteiger partial charge in [0.05, 0.1) is 22.7 Å². The van der Waals surface area contributed by atoms with Gasteiger partial charge in [0.15, 0.2) is 6.61 Å². The van der Waals surface area contributed by atoms with E-state index in [0.29, 0.717) is 18.7 Å². The fraction of sp³-hybridized carbons (Fsp3) is 0.500. The summed E-state index contributed by atoms with van der Waals surface area (Å²) in [6, 6.07) is 3.94. The second-order valence-electron chi connectivity index (χ2n) is 5.89. The fourth-order valence-electron chi connectivity index (χ4n) is 2.67. The van der Waals surface area contributed by atoms with Gasteiger partial charge in [-0.1, -0.05) is 0 Å². The van der Waals surface area contributed by atoms with E-state index in [2.05, 4.69) is 0 Å². The molecule has 1 aromatic carbocycles. The Balaban J connectivity index is 1.94. The van der Waals surface area contributed by atoms with Crippen LogP contribution in [0.5, 0.6) is 0 Å². The maximum absolute atomic E-state index is 12.1. The molecule has 1 aromatic rings. The smallest absolute Gasteiger partial charge is 0.338 e. The molecule has 0 radical (unpaired) electrons. The second-order valence-corrected chi connectivity index (χ2v) is 5.89. The molecule has 0 saturated carbocycles. The van der Waals surface area contributed by atoms with Gasteiger partial charge in [-0.25, -0.2) is 4.79 Å². The van der Waals surface area contributed by atoms with Crippen molar-refractivity contribution in [2.75, 3.05) is 19.7 Å². The molecule has 0 unspecified atom stereocenters. The monoisotopic (exact) mass is 336 g/mol. The number of nitrogens with zero attached hydrogens (tertiary/aromatic N) is 2. The summed E-state index contributed by atoms with van der Waals surface area (Å²) in [5, 5.41) is 10.8. The van der Waals surface area contributed by atoms with Crippen LogP contribution in [0.25, 0.3) is 0 Å². The van der Waals surface area contributed by atoms with E-state index in [1.54, 1.807) is 4.90 Å². The maximum atomic E-state index is 12.1. The van der Waals surface area contributed by atoms with E-state index in [-0.39, 0.29) is 36.0 Å². The quantitative estimate of drug-likeness (QED) is 0.471. The van der Waals surface area contributed by atoms with Crippen LogP contribution in [-0.4, -0.2) is 53.6 Å². The number of rotatable bonds is 4. The molecule has 24 heavy (non-hydrogen) atoms. The molecule has 1 saturated heterocycles. The zero-order valence-electron chi connectivity index (χ0n) is 13.9. The number of nitro benzene ring substituents is 1. The van der Waals surface area contributed by atoms with Crippen molar-refractivity contribution in [3.05, 3.63) is 39.4 Å². The lowest BCUT2D eigenvalue weighted by Crippen LogP contribution is -2.49. The molecule has 0 aliphatic carbocycles. The van der Waals surface area contributed by atoms with Crippen molar-refractivity contribution >= 4 is 17.6 Å². The number of ether oxygens (including phenoxy) is 2. The van der Waals surface area contributed by atoms with Crippen LogP contribution in [0.2, 0.25) is 0 Å². The number of esters is 1. The Morgan fingerprint density at radius 2 is 1.96 bits per heavy atom. The Hall–Kier alpha value is -2.48. The normalized spacial score (nSPS) is 20.5. The zero-order valence-corrected chi connectivity index (χ0v) is 13.9. The standard InChI is InChI=1S/C16H20N2O6/c1-10-6-13(4-5-14(10)18(21)22)16(20)23-9-15(19)17-7-11(2)24-12(3)8-17/h4-6,11-12H,7-9H2,1-3H3/t11-,12+. The Morgan fingerprint density at radius 3 is 2.50 bits per heavy atom. The highest BCUT2D eigenvalue weighted by atomic mass is 16.6. The molecule has 8 nitrogen and oxygen atoms in total. The van der Waals surface area contributed by atoms with Crippen molar-refractivity contribution in [1.82, 2.24) is 4.90 Å². The number of hydrogen-bond donors (Lipinski definition) is 0. The zero-order chi connectivity index (χ0) is 17.9. The van der Waals surface area contributed by atoms with Crippen molar-refractivity contribution < 1.29 is 24.0 Å². The van der Waals surface area contributed by atoms with E-state index in [0.717, 1.165) is 0 Å². The molecule has 130 valence electrons. The third-order valence-corrected chi connectivity index (χ3v) is 3.73. The van der Waals surface area contributed by atoms with Gasteiger partial charge in [0.1, 0.15) is 0 Å². The molecular weight excluding hydrogens is 316 g/mol. The number of nitro groups is 1. The average Bonchev–Trinajstić information content (AvgIpc) is 2.50. The number of benzene rings is 1.